The zero-order chi connectivity index (χ0) is 11.8. The Hall–Kier alpha value is -1.51. The quantitative estimate of drug-likeness (QED) is 0.799. The first-order chi connectivity index (χ1) is 7.76. The standard InChI is InChI=1S/C13H19NO2/c1-3-9-14-13(15)10-16-12-7-5-11(4-2)6-8-12/h5-8H,3-4,9-10H2,1-2H3,(H,14,15). The average molecular weight is 221 g/mol. The third kappa shape index (κ3) is 4.34. The molecule has 0 fully saturated rings. The first-order valence-electron chi connectivity index (χ1n) is 5.74. The molecular weight excluding hydrogens is 202 g/mol. The molecule has 1 amide bonds. The first-order valence-corrected chi connectivity index (χ1v) is 5.74. The Morgan fingerprint density at radius 1 is 1.25 bits per heavy atom. The van der Waals surface area contributed by atoms with E-state index < -0.39 is 0 Å². The van der Waals surface area contributed by atoms with Crippen molar-refractivity contribution in [1.82, 2.24) is 5.32 Å². The van der Waals surface area contributed by atoms with Crippen LogP contribution in [0.2, 0.25) is 0 Å². The molecule has 3 nitrogen and oxygen atoms in total. The van der Waals surface area contributed by atoms with Gasteiger partial charge in [0.2, 0.25) is 0 Å². The molecule has 0 saturated carbocycles. The molecule has 3 heteroatoms. The van der Waals surface area contributed by atoms with E-state index in [1.54, 1.807) is 0 Å². The van der Waals surface area contributed by atoms with Crippen molar-refractivity contribution in [2.45, 2.75) is 26.7 Å². The summed E-state index contributed by atoms with van der Waals surface area (Å²) in [6.07, 6.45) is 1.95. The second-order valence-corrected chi connectivity index (χ2v) is 3.64. The van der Waals surface area contributed by atoms with Crippen molar-refractivity contribution in [3.8, 4) is 5.75 Å². The second kappa shape index (κ2) is 6.88. The van der Waals surface area contributed by atoms with Crippen LogP contribution in [0.3, 0.4) is 0 Å². The van der Waals surface area contributed by atoms with Gasteiger partial charge in [-0.15, -0.1) is 0 Å². The molecule has 0 saturated heterocycles. The summed E-state index contributed by atoms with van der Waals surface area (Å²) < 4.78 is 5.35. The van der Waals surface area contributed by atoms with Gasteiger partial charge >= 0.3 is 0 Å². The molecule has 1 aromatic carbocycles. The Morgan fingerprint density at radius 3 is 2.50 bits per heavy atom. The fourth-order valence-electron chi connectivity index (χ4n) is 1.29. The highest BCUT2D eigenvalue weighted by Crippen LogP contribution is 2.12. The summed E-state index contributed by atoms with van der Waals surface area (Å²) in [6, 6.07) is 7.82. The molecule has 0 atom stereocenters. The maximum Gasteiger partial charge on any atom is 0.257 e. The van der Waals surface area contributed by atoms with E-state index in [2.05, 4.69) is 12.2 Å². The van der Waals surface area contributed by atoms with E-state index >= 15 is 0 Å². The van der Waals surface area contributed by atoms with E-state index in [0.29, 0.717) is 6.54 Å². The van der Waals surface area contributed by atoms with E-state index in [1.807, 2.05) is 31.2 Å². The number of carbonyl (C=O) groups excluding carboxylic acids is 1. The molecule has 0 aliphatic carbocycles. The highest BCUT2D eigenvalue weighted by Gasteiger charge is 2.01. The maximum atomic E-state index is 11.3. The number of hydrogen-bond donors (Lipinski definition) is 1. The Balaban J connectivity index is 2.33. The Bertz CT molecular complexity index is 319. The van der Waals surface area contributed by atoms with E-state index in [9.17, 15) is 4.79 Å². The molecule has 0 heterocycles. The zero-order valence-corrected chi connectivity index (χ0v) is 9.95. The van der Waals surface area contributed by atoms with E-state index in [-0.39, 0.29) is 12.5 Å². The molecule has 0 aliphatic heterocycles. The van der Waals surface area contributed by atoms with Gasteiger partial charge < -0.3 is 10.1 Å². The van der Waals surface area contributed by atoms with Crippen LogP contribution < -0.4 is 10.1 Å². The monoisotopic (exact) mass is 221 g/mol. The van der Waals surface area contributed by atoms with Gasteiger partial charge in [-0.25, -0.2) is 0 Å². The van der Waals surface area contributed by atoms with Crippen LogP contribution >= 0.6 is 0 Å². The summed E-state index contributed by atoms with van der Waals surface area (Å²) in [5, 5.41) is 2.76. The number of nitrogens with one attached hydrogen (secondary N) is 1. The van der Waals surface area contributed by atoms with Gasteiger partial charge in [0.05, 0.1) is 0 Å². The topological polar surface area (TPSA) is 38.3 Å². The van der Waals surface area contributed by atoms with Crippen molar-refractivity contribution in [3.05, 3.63) is 29.8 Å². The molecule has 1 N–H and O–H groups in total. The van der Waals surface area contributed by atoms with Crippen LogP contribution in [0.15, 0.2) is 24.3 Å². The van der Waals surface area contributed by atoms with Gasteiger partial charge in [0, 0.05) is 6.54 Å². The maximum absolute atomic E-state index is 11.3. The molecule has 88 valence electrons. The van der Waals surface area contributed by atoms with Crippen molar-refractivity contribution in [2.24, 2.45) is 0 Å². The summed E-state index contributed by atoms with van der Waals surface area (Å²) in [5.74, 6) is 0.672. The number of ether oxygens (including phenoxy) is 1. The minimum atomic E-state index is -0.0681. The van der Waals surface area contributed by atoms with E-state index in [4.69, 9.17) is 4.74 Å². The highest BCUT2D eigenvalue weighted by atomic mass is 16.5. The number of carbonyl (C=O) groups is 1. The predicted molar refractivity (Wildman–Crippen MR) is 64.6 cm³/mol. The van der Waals surface area contributed by atoms with Crippen LogP contribution in [0.4, 0.5) is 0 Å². The van der Waals surface area contributed by atoms with Crippen LogP contribution in [-0.2, 0) is 11.2 Å². The minimum Gasteiger partial charge on any atom is -0.484 e. The van der Waals surface area contributed by atoms with Gasteiger partial charge in [-0.2, -0.15) is 0 Å². The van der Waals surface area contributed by atoms with Crippen LogP contribution in [-0.4, -0.2) is 19.1 Å². The number of hydrogen-bond acceptors (Lipinski definition) is 2. The Labute approximate surface area is 96.8 Å². The van der Waals surface area contributed by atoms with Crippen molar-refractivity contribution < 1.29 is 9.53 Å². The van der Waals surface area contributed by atoms with Gasteiger partial charge in [-0.3, -0.25) is 4.79 Å². The molecule has 0 aromatic heterocycles. The molecule has 16 heavy (non-hydrogen) atoms. The third-order valence-electron chi connectivity index (χ3n) is 2.27. The SMILES string of the molecule is CCCNC(=O)COc1ccc(CC)cc1. The van der Waals surface area contributed by atoms with Gasteiger partial charge in [0.15, 0.2) is 6.61 Å². The number of benzene rings is 1. The lowest BCUT2D eigenvalue weighted by atomic mass is 10.2. The van der Waals surface area contributed by atoms with Gasteiger partial charge in [-0.1, -0.05) is 26.0 Å². The molecule has 0 radical (unpaired) electrons. The minimum absolute atomic E-state index is 0.0681. The fraction of sp³-hybridized carbons (Fsp3) is 0.462. The van der Waals surface area contributed by atoms with Crippen LogP contribution in [0.25, 0.3) is 0 Å². The van der Waals surface area contributed by atoms with Crippen LogP contribution in [0, 0.1) is 0 Å². The van der Waals surface area contributed by atoms with E-state index in [0.717, 1.165) is 18.6 Å². The smallest absolute Gasteiger partial charge is 0.257 e. The summed E-state index contributed by atoms with van der Waals surface area (Å²) in [4.78, 5) is 11.3. The van der Waals surface area contributed by atoms with Gasteiger partial charge in [0.1, 0.15) is 5.75 Å². The molecular formula is C13H19NO2. The summed E-state index contributed by atoms with van der Waals surface area (Å²) >= 11 is 0. The Morgan fingerprint density at radius 2 is 1.94 bits per heavy atom. The molecule has 0 aliphatic rings. The van der Waals surface area contributed by atoms with Gasteiger partial charge in [-0.05, 0) is 30.5 Å². The summed E-state index contributed by atoms with van der Waals surface area (Å²) in [6.45, 7) is 4.92. The molecule has 1 aromatic rings. The normalized spacial score (nSPS) is 9.88. The van der Waals surface area contributed by atoms with Crippen LogP contribution in [0.1, 0.15) is 25.8 Å². The molecule has 0 unspecified atom stereocenters. The van der Waals surface area contributed by atoms with E-state index in [1.165, 1.54) is 5.56 Å². The fourth-order valence-corrected chi connectivity index (χ4v) is 1.29. The summed E-state index contributed by atoms with van der Waals surface area (Å²) in [7, 11) is 0. The number of amides is 1. The third-order valence-corrected chi connectivity index (χ3v) is 2.27. The van der Waals surface area contributed by atoms with Gasteiger partial charge in [0.25, 0.3) is 5.91 Å². The molecule has 0 bridgehead atoms. The number of rotatable bonds is 6. The average Bonchev–Trinajstić information content (AvgIpc) is 2.34. The first kappa shape index (κ1) is 12.6. The predicted octanol–water partition coefficient (Wildman–Crippen LogP) is 2.15. The molecule has 0 spiro atoms. The van der Waals surface area contributed by atoms with Crippen LogP contribution in [0.5, 0.6) is 5.75 Å². The lowest BCUT2D eigenvalue weighted by Gasteiger charge is -2.07. The van der Waals surface area contributed by atoms with Crippen molar-refractivity contribution in [1.29, 1.82) is 0 Å². The lowest BCUT2D eigenvalue weighted by molar-refractivity contribution is -0.123. The lowest BCUT2D eigenvalue weighted by Crippen LogP contribution is -2.29. The molecule has 1 rings (SSSR count). The number of aryl methyl sites for hydroxylation is 1. The Kier molecular flexibility index (Phi) is 5.40. The summed E-state index contributed by atoms with van der Waals surface area (Å²) in [5.41, 5.74) is 1.27. The second-order valence-electron chi connectivity index (χ2n) is 3.64. The zero-order valence-electron chi connectivity index (χ0n) is 9.95. The highest BCUT2D eigenvalue weighted by molar-refractivity contribution is 5.77. The largest absolute Gasteiger partial charge is 0.484 e. The van der Waals surface area contributed by atoms with Crippen molar-refractivity contribution in [3.63, 3.8) is 0 Å². The van der Waals surface area contributed by atoms with Crippen molar-refractivity contribution in [2.75, 3.05) is 13.2 Å². The van der Waals surface area contributed by atoms with Crippen molar-refractivity contribution >= 4 is 5.91 Å².